The van der Waals surface area contributed by atoms with E-state index in [9.17, 15) is 14.7 Å². The number of fused-ring (bicyclic) bond motifs is 3. The van der Waals surface area contributed by atoms with E-state index in [-0.39, 0.29) is 35.4 Å². The van der Waals surface area contributed by atoms with Crippen LogP contribution in [0.4, 0.5) is 0 Å². The third-order valence-corrected chi connectivity index (χ3v) is 11.9. The number of hydrogen-bond acceptors (Lipinski definition) is 5. The molecule has 41 heavy (non-hydrogen) atoms. The first kappa shape index (κ1) is 34.1. The average Bonchev–Trinajstić information content (AvgIpc) is 2.94. The lowest BCUT2D eigenvalue weighted by Gasteiger charge is -2.58. The zero-order valence-electron chi connectivity index (χ0n) is 27.7. The molecule has 2 saturated carbocycles. The molecule has 5 heteroatoms. The van der Waals surface area contributed by atoms with E-state index in [0.29, 0.717) is 30.3 Å². The van der Waals surface area contributed by atoms with E-state index in [4.69, 9.17) is 9.47 Å². The number of unbranched alkanes of at least 4 members (excludes halogenated alkanes) is 2. The lowest BCUT2D eigenvalue weighted by atomic mass is 9.45. The zero-order valence-corrected chi connectivity index (χ0v) is 27.7. The molecular weight excluding hydrogens is 512 g/mol. The van der Waals surface area contributed by atoms with Crippen molar-refractivity contribution < 1.29 is 24.2 Å². The van der Waals surface area contributed by atoms with Crippen molar-refractivity contribution in [1.82, 2.24) is 0 Å². The van der Waals surface area contributed by atoms with Crippen molar-refractivity contribution in [1.29, 1.82) is 0 Å². The second kappa shape index (κ2) is 14.4. The highest BCUT2D eigenvalue weighted by Gasteiger charge is 2.60. The Bertz CT molecular complexity index is 908. The van der Waals surface area contributed by atoms with E-state index < -0.39 is 11.4 Å². The fourth-order valence-electron chi connectivity index (χ4n) is 8.89. The minimum Gasteiger partial charge on any atom is -0.463 e. The number of ether oxygens (including phenoxy) is 2. The number of carbonyl (C=O) groups excluding carboxylic acids is 2. The Kier molecular flexibility index (Phi) is 12.0. The first-order valence-corrected chi connectivity index (χ1v) is 17.1. The number of aliphatic hydroxyl groups is 1. The summed E-state index contributed by atoms with van der Waals surface area (Å²) in [6.07, 6.45) is 16.0. The molecule has 1 N–H and O–H groups in total. The van der Waals surface area contributed by atoms with Gasteiger partial charge < -0.3 is 14.6 Å². The Labute approximate surface area is 251 Å². The number of hydrogen-bond donors (Lipinski definition) is 1. The first-order chi connectivity index (χ1) is 19.4. The van der Waals surface area contributed by atoms with E-state index in [0.717, 1.165) is 57.8 Å². The van der Waals surface area contributed by atoms with Crippen molar-refractivity contribution in [2.75, 3.05) is 13.2 Å². The summed E-state index contributed by atoms with van der Waals surface area (Å²) in [5.74, 6) is 1.56. The van der Waals surface area contributed by atoms with Crippen molar-refractivity contribution in [3.05, 3.63) is 11.6 Å². The maximum Gasteiger partial charge on any atom is 0.344 e. The van der Waals surface area contributed by atoms with Crippen LogP contribution in [-0.2, 0) is 19.1 Å². The molecule has 8 unspecified atom stereocenters. The van der Waals surface area contributed by atoms with Gasteiger partial charge in [0.2, 0.25) is 0 Å². The molecule has 0 saturated heterocycles. The molecule has 0 aromatic carbocycles. The molecule has 0 amide bonds. The van der Waals surface area contributed by atoms with Gasteiger partial charge in [0.25, 0.3) is 0 Å². The fraction of sp³-hybridized carbons (Fsp3) is 0.889. The molecule has 8 atom stereocenters. The molecule has 3 rings (SSSR count). The number of esters is 2. The van der Waals surface area contributed by atoms with Crippen LogP contribution in [0.1, 0.15) is 139 Å². The topological polar surface area (TPSA) is 72.8 Å². The van der Waals surface area contributed by atoms with E-state index >= 15 is 0 Å². The van der Waals surface area contributed by atoms with Crippen molar-refractivity contribution in [2.45, 2.75) is 145 Å². The monoisotopic (exact) mass is 574 g/mol. The third kappa shape index (κ3) is 7.42. The van der Waals surface area contributed by atoms with Crippen LogP contribution in [0.3, 0.4) is 0 Å². The van der Waals surface area contributed by atoms with Gasteiger partial charge in [-0.1, -0.05) is 85.8 Å². The number of rotatable bonds is 14. The van der Waals surface area contributed by atoms with Gasteiger partial charge in [0, 0.05) is 0 Å². The lowest BCUT2D eigenvalue weighted by Crippen LogP contribution is -2.55. The third-order valence-electron chi connectivity index (χ3n) is 11.9. The Balaban J connectivity index is 1.84. The molecule has 0 aliphatic heterocycles. The summed E-state index contributed by atoms with van der Waals surface area (Å²) in [4.78, 5) is 25.8. The van der Waals surface area contributed by atoms with Crippen LogP contribution in [0.2, 0.25) is 0 Å². The van der Waals surface area contributed by atoms with Crippen LogP contribution < -0.4 is 0 Å². The molecule has 236 valence electrons. The number of aliphatic hydroxyl groups excluding tert-OH is 1. The molecule has 0 radical (unpaired) electrons. The van der Waals surface area contributed by atoms with Gasteiger partial charge in [-0.25, -0.2) is 4.79 Å². The molecule has 0 aromatic rings. The fourth-order valence-corrected chi connectivity index (χ4v) is 8.89. The Hall–Kier alpha value is -1.36. The van der Waals surface area contributed by atoms with E-state index in [1.54, 1.807) is 6.92 Å². The SMILES string of the molecule is CCCCC(O)C(C)(C)C(CCCC)CC1CC=C2C3C(C)C(C)CCC3(C(=O)OCC(=O)OCC)CCC2(C)C1. The minimum atomic E-state index is -0.536. The highest BCUT2D eigenvalue weighted by molar-refractivity contribution is 5.81. The maximum absolute atomic E-state index is 13.8. The second-order valence-electron chi connectivity index (χ2n) is 15.0. The quantitative estimate of drug-likeness (QED) is 0.166. The van der Waals surface area contributed by atoms with Crippen LogP contribution in [0.15, 0.2) is 11.6 Å². The first-order valence-electron chi connectivity index (χ1n) is 17.1. The predicted octanol–water partition coefficient (Wildman–Crippen LogP) is 8.67. The van der Waals surface area contributed by atoms with Gasteiger partial charge in [0.05, 0.1) is 18.1 Å². The summed E-state index contributed by atoms with van der Waals surface area (Å²) < 4.78 is 10.7. The molecule has 2 fully saturated rings. The predicted molar refractivity (Wildman–Crippen MR) is 166 cm³/mol. The van der Waals surface area contributed by atoms with Crippen LogP contribution in [-0.4, -0.2) is 36.4 Å². The van der Waals surface area contributed by atoms with Crippen LogP contribution in [0.25, 0.3) is 0 Å². The highest BCUT2D eigenvalue weighted by atomic mass is 16.6. The Morgan fingerprint density at radius 3 is 2.39 bits per heavy atom. The summed E-state index contributed by atoms with van der Waals surface area (Å²) in [7, 11) is 0. The van der Waals surface area contributed by atoms with Crippen molar-refractivity contribution in [2.24, 2.45) is 45.8 Å². The largest absolute Gasteiger partial charge is 0.463 e. The van der Waals surface area contributed by atoms with Crippen molar-refractivity contribution >= 4 is 11.9 Å². The average molecular weight is 575 g/mol. The molecule has 3 aliphatic carbocycles. The van der Waals surface area contributed by atoms with Crippen LogP contribution in [0, 0.1) is 45.8 Å². The van der Waals surface area contributed by atoms with E-state index in [2.05, 4.69) is 54.5 Å². The lowest BCUT2D eigenvalue weighted by molar-refractivity contribution is -0.175. The van der Waals surface area contributed by atoms with Crippen molar-refractivity contribution in [3.8, 4) is 0 Å². The maximum atomic E-state index is 13.8. The second-order valence-corrected chi connectivity index (χ2v) is 15.0. The van der Waals surface area contributed by atoms with Crippen LogP contribution >= 0.6 is 0 Å². The van der Waals surface area contributed by atoms with Gasteiger partial charge in [-0.15, -0.1) is 0 Å². The van der Waals surface area contributed by atoms with Gasteiger partial charge in [-0.3, -0.25) is 4.79 Å². The minimum absolute atomic E-state index is 0.0874. The Morgan fingerprint density at radius 2 is 1.73 bits per heavy atom. The molecule has 0 bridgehead atoms. The molecule has 5 nitrogen and oxygen atoms in total. The standard InChI is InChI=1S/C36H62O5/c1-9-12-14-28(34(6,7)30(37)15-13-10-2)22-27-16-17-29-32-26(5)25(4)18-19-36(32,21-20-35(29,8)23-27)33(39)41-24-31(38)40-11-3/h17,25-28,30,32,37H,9-16,18-24H2,1-8H3. The van der Waals surface area contributed by atoms with Crippen molar-refractivity contribution in [3.63, 3.8) is 0 Å². The van der Waals surface area contributed by atoms with Gasteiger partial charge in [-0.05, 0) is 105 Å². The summed E-state index contributed by atoms with van der Waals surface area (Å²) in [6, 6.07) is 0. The smallest absolute Gasteiger partial charge is 0.344 e. The van der Waals surface area contributed by atoms with E-state index in [1.165, 1.54) is 31.3 Å². The summed E-state index contributed by atoms with van der Waals surface area (Å²) in [6.45, 7) is 18.0. The van der Waals surface area contributed by atoms with Gasteiger partial charge >= 0.3 is 11.9 Å². The summed E-state index contributed by atoms with van der Waals surface area (Å²) >= 11 is 0. The summed E-state index contributed by atoms with van der Waals surface area (Å²) in [5.41, 5.74) is 0.947. The number of allylic oxidation sites excluding steroid dienone is 2. The normalized spacial score (nSPS) is 33.1. The molecule has 3 aliphatic rings. The van der Waals surface area contributed by atoms with Crippen LogP contribution in [0.5, 0.6) is 0 Å². The molecular formula is C36H62O5. The van der Waals surface area contributed by atoms with E-state index in [1.807, 2.05) is 0 Å². The summed E-state index contributed by atoms with van der Waals surface area (Å²) in [5, 5.41) is 11.2. The molecule has 0 heterocycles. The zero-order chi connectivity index (χ0) is 30.4. The van der Waals surface area contributed by atoms with Gasteiger partial charge in [-0.2, -0.15) is 0 Å². The van der Waals surface area contributed by atoms with Gasteiger partial charge in [0.1, 0.15) is 0 Å². The molecule has 0 aromatic heterocycles. The molecule has 0 spiro atoms. The number of carbonyl (C=O) groups is 2. The highest BCUT2D eigenvalue weighted by Crippen LogP contribution is 2.64. The Morgan fingerprint density at radius 1 is 1.05 bits per heavy atom. The van der Waals surface area contributed by atoms with Gasteiger partial charge in [0.15, 0.2) is 6.61 Å².